The van der Waals surface area contributed by atoms with E-state index in [-0.39, 0.29) is 5.60 Å². The molecule has 0 aliphatic heterocycles. The summed E-state index contributed by atoms with van der Waals surface area (Å²) in [5.74, 6) is 1.94. The summed E-state index contributed by atoms with van der Waals surface area (Å²) in [7, 11) is 0. The molecule has 70 valence electrons. The molecule has 2 aliphatic rings. The van der Waals surface area contributed by atoms with Crippen LogP contribution in [0.1, 0.15) is 46.0 Å². The Labute approximate surface area is 75.2 Å². The fraction of sp³-hybridized carbons (Fsp3) is 1.00. The topological polar surface area (TPSA) is 20.2 Å². The van der Waals surface area contributed by atoms with Gasteiger partial charge in [0.25, 0.3) is 0 Å². The molecule has 0 bridgehead atoms. The maximum atomic E-state index is 10.4. The molecule has 2 saturated carbocycles. The first-order valence-corrected chi connectivity index (χ1v) is 5.47. The van der Waals surface area contributed by atoms with Gasteiger partial charge in [-0.15, -0.1) is 0 Å². The van der Waals surface area contributed by atoms with Gasteiger partial charge in [-0.25, -0.2) is 0 Å². The van der Waals surface area contributed by atoms with E-state index in [0.717, 1.165) is 12.8 Å². The predicted octanol–water partition coefficient (Wildman–Crippen LogP) is 2.58. The molecule has 2 rings (SSSR count). The van der Waals surface area contributed by atoms with Crippen molar-refractivity contribution in [1.82, 2.24) is 0 Å². The summed E-state index contributed by atoms with van der Waals surface area (Å²) < 4.78 is 0. The molecule has 2 aliphatic carbocycles. The summed E-state index contributed by atoms with van der Waals surface area (Å²) in [6.45, 7) is 4.42. The highest BCUT2D eigenvalue weighted by molar-refractivity contribution is 5.17. The third-order valence-corrected chi connectivity index (χ3v) is 4.23. The van der Waals surface area contributed by atoms with Crippen molar-refractivity contribution in [3.63, 3.8) is 0 Å². The molecule has 1 N–H and O–H groups in total. The van der Waals surface area contributed by atoms with E-state index in [0.29, 0.717) is 17.8 Å². The lowest BCUT2D eigenvalue weighted by atomic mass is 9.89. The quantitative estimate of drug-likeness (QED) is 0.686. The lowest BCUT2D eigenvalue weighted by molar-refractivity contribution is 0.0394. The van der Waals surface area contributed by atoms with E-state index in [2.05, 4.69) is 13.8 Å². The third kappa shape index (κ3) is 0.891. The molecule has 0 radical (unpaired) electrons. The summed E-state index contributed by atoms with van der Waals surface area (Å²) in [6, 6.07) is 0. The Hall–Kier alpha value is -0.0400. The van der Waals surface area contributed by atoms with Gasteiger partial charge in [0, 0.05) is 0 Å². The Morgan fingerprint density at radius 3 is 2.17 bits per heavy atom. The summed E-state index contributed by atoms with van der Waals surface area (Å²) in [6.07, 6.45) is 6.24. The van der Waals surface area contributed by atoms with E-state index in [4.69, 9.17) is 0 Å². The minimum atomic E-state index is -0.220. The van der Waals surface area contributed by atoms with Gasteiger partial charge in [-0.2, -0.15) is 0 Å². The highest BCUT2D eigenvalue weighted by Crippen LogP contribution is 2.64. The van der Waals surface area contributed by atoms with Crippen LogP contribution in [-0.4, -0.2) is 10.7 Å². The molecule has 0 aromatic rings. The van der Waals surface area contributed by atoms with Crippen LogP contribution < -0.4 is 0 Å². The summed E-state index contributed by atoms with van der Waals surface area (Å²) in [5.41, 5.74) is -0.220. The average molecular weight is 168 g/mol. The molecule has 0 amide bonds. The maximum Gasteiger partial charge on any atom is 0.0739 e. The molecule has 2 unspecified atom stereocenters. The largest absolute Gasteiger partial charge is 0.389 e. The van der Waals surface area contributed by atoms with Crippen molar-refractivity contribution < 1.29 is 5.11 Å². The number of aliphatic hydroxyl groups is 1. The highest BCUT2D eigenvalue weighted by Gasteiger charge is 2.67. The minimum absolute atomic E-state index is 0.220. The van der Waals surface area contributed by atoms with Gasteiger partial charge in [-0.05, 0) is 30.6 Å². The van der Waals surface area contributed by atoms with Gasteiger partial charge in [0.15, 0.2) is 0 Å². The zero-order chi connectivity index (χ0) is 8.77. The van der Waals surface area contributed by atoms with Crippen molar-refractivity contribution in [2.24, 2.45) is 17.8 Å². The first-order chi connectivity index (χ1) is 5.75. The average Bonchev–Trinajstić information content (AvgIpc) is 2.54. The molecule has 2 fully saturated rings. The van der Waals surface area contributed by atoms with Crippen LogP contribution in [0.25, 0.3) is 0 Å². The van der Waals surface area contributed by atoms with Crippen LogP contribution in [0.15, 0.2) is 0 Å². The van der Waals surface area contributed by atoms with E-state index >= 15 is 0 Å². The van der Waals surface area contributed by atoms with Gasteiger partial charge in [0.2, 0.25) is 0 Å². The van der Waals surface area contributed by atoms with Crippen LogP contribution in [0.4, 0.5) is 0 Å². The summed E-state index contributed by atoms with van der Waals surface area (Å²) >= 11 is 0. The monoisotopic (exact) mass is 168 g/mol. The summed E-state index contributed by atoms with van der Waals surface area (Å²) in [5, 5.41) is 10.4. The molecule has 1 nitrogen and oxygen atoms in total. The van der Waals surface area contributed by atoms with Crippen LogP contribution in [-0.2, 0) is 0 Å². The zero-order valence-electron chi connectivity index (χ0n) is 8.21. The Bertz CT molecular complexity index is 162. The van der Waals surface area contributed by atoms with Crippen molar-refractivity contribution in [2.75, 3.05) is 0 Å². The van der Waals surface area contributed by atoms with E-state index in [1.54, 1.807) is 0 Å². The van der Waals surface area contributed by atoms with Crippen LogP contribution in [0.2, 0.25) is 0 Å². The number of fused-ring (bicyclic) bond motifs is 1. The van der Waals surface area contributed by atoms with Gasteiger partial charge in [-0.1, -0.05) is 33.1 Å². The van der Waals surface area contributed by atoms with Crippen molar-refractivity contribution in [3.05, 3.63) is 0 Å². The Kier molecular flexibility index (Phi) is 1.95. The Morgan fingerprint density at radius 2 is 1.75 bits per heavy atom. The van der Waals surface area contributed by atoms with Crippen LogP contribution in [0.3, 0.4) is 0 Å². The molecule has 12 heavy (non-hydrogen) atoms. The smallest absolute Gasteiger partial charge is 0.0739 e. The molecule has 0 heterocycles. The Balaban J connectivity index is 2.04. The predicted molar refractivity (Wildman–Crippen MR) is 49.9 cm³/mol. The van der Waals surface area contributed by atoms with E-state index < -0.39 is 0 Å². The van der Waals surface area contributed by atoms with Gasteiger partial charge in [-0.3, -0.25) is 0 Å². The lowest BCUT2D eigenvalue weighted by Crippen LogP contribution is -2.26. The van der Waals surface area contributed by atoms with Gasteiger partial charge < -0.3 is 5.11 Å². The third-order valence-electron chi connectivity index (χ3n) is 4.23. The first kappa shape index (κ1) is 8.55. The van der Waals surface area contributed by atoms with Crippen LogP contribution >= 0.6 is 0 Å². The number of hydrogen-bond donors (Lipinski definition) is 1. The standard InChI is InChI=1S/C11H20O/c1-3-8(4-2)11(12)9-6-5-7-10(9)11/h8-10,12H,3-7H2,1-2H3. The molecule has 2 atom stereocenters. The van der Waals surface area contributed by atoms with E-state index in [1.165, 1.54) is 19.3 Å². The molecule has 0 saturated heterocycles. The van der Waals surface area contributed by atoms with Crippen molar-refractivity contribution in [3.8, 4) is 0 Å². The molecule has 0 spiro atoms. The number of rotatable bonds is 3. The minimum Gasteiger partial charge on any atom is -0.389 e. The summed E-state index contributed by atoms with van der Waals surface area (Å²) in [4.78, 5) is 0. The van der Waals surface area contributed by atoms with Crippen molar-refractivity contribution in [2.45, 2.75) is 51.6 Å². The van der Waals surface area contributed by atoms with Gasteiger partial charge in [0.1, 0.15) is 0 Å². The van der Waals surface area contributed by atoms with E-state index in [1.807, 2.05) is 0 Å². The molecular weight excluding hydrogens is 148 g/mol. The number of hydrogen-bond acceptors (Lipinski definition) is 1. The second-order valence-electron chi connectivity index (χ2n) is 4.54. The Morgan fingerprint density at radius 1 is 1.25 bits per heavy atom. The SMILES string of the molecule is CCC(CC)C1(O)C2CCCC21. The first-order valence-electron chi connectivity index (χ1n) is 5.47. The fourth-order valence-corrected chi connectivity index (χ4v) is 3.52. The van der Waals surface area contributed by atoms with Gasteiger partial charge in [0.05, 0.1) is 5.60 Å². The molecule has 0 aromatic carbocycles. The molecule has 0 aromatic heterocycles. The maximum absolute atomic E-state index is 10.4. The molecule has 1 heteroatoms. The van der Waals surface area contributed by atoms with Crippen molar-refractivity contribution in [1.29, 1.82) is 0 Å². The highest BCUT2D eigenvalue weighted by atomic mass is 16.3. The van der Waals surface area contributed by atoms with Gasteiger partial charge >= 0.3 is 0 Å². The zero-order valence-corrected chi connectivity index (χ0v) is 8.21. The fourth-order valence-electron chi connectivity index (χ4n) is 3.52. The van der Waals surface area contributed by atoms with Crippen molar-refractivity contribution >= 4 is 0 Å². The second kappa shape index (κ2) is 2.73. The second-order valence-corrected chi connectivity index (χ2v) is 4.54. The van der Waals surface area contributed by atoms with Crippen LogP contribution in [0.5, 0.6) is 0 Å². The van der Waals surface area contributed by atoms with E-state index in [9.17, 15) is 5.11 Å². The normalized spacial score (nSPS) is 45.0. The van der Waals surface area contributed by atoms with Crippen LogP contribution in [0, 0.1) is 17.8 Å². The molecular formula is C11H20O. The lowest BCUT2D eigenvalue weighted by Gasteiger charge is -2.23.